The van der Waals surface area contributed by atoms with Gasteiger partial charge in [-0.1, -0.05) is 92.0 Å². The first-order valence-electron chi connectivity index (χ1n) is 15.9. The van der Waals surface area contributed by atoms with Gasteiger partial charge in [-0.2, -0.15) is 0 Å². The molecule has 0 bridgehead atoms. The highest BCUT2D eigenvalue weighted by Crippen LogP contribution is 2.44. The minimum Gasteiger partial charge on any atom is -0.508 e. The van der Waals surface area contributed by atoms with E-state index in [0.717, 1.165) is 25.2 Å². The van der Waals surface area contributed by atoms with Crippen molar-refractivity contribution in [3.05, 3.63) is 59.7 Å². The second kappa shape index (κ2) is 15.1. The van der Waals surface area contributed by atoms with E-state index >= 15 is 0 Å². The lowest BCUT2D eigenvalue weighted by molar-refractivity contribution is -0.160. The van der Waals surface area contributed by atoms with Crippen LogP contribution in [0.15, 0.2) is 48.5 Å². The summed E-state index contributed by atoms with van der Waals surface area (Å²) in [4.78, 5) is 0. The molecule has 1 N–H and O–H groups in total. The molecule has 0 spiro atoms. The summed E-state index contributed by atoms with van der Waals surface area (Å²) < 4.78 is 12.5. The van der Waals surface area contributed by atoms with Gasteiger partial charge in [-0.3, -0.25) is 0 Å². The summed E-state index contributed by atoms with van der Waals surface area (Å²) in [5.41, 5.74) is 3.00. The molecule has 3 heteroatoms. The molecule has 6 atom stereocenters. The van der Waals surface area contributed by atoms with Gasteiger partial charge in [0.15, 0.2) is 0 Å². The van der Waals surface area contributed by atoms with E-state index in [1.54, 1.807) is 0 Å². The molecule has 2 aromatic rings. The van der Waals surface area contributed by atoms with Crippen molar-refractivity contribution in [2.45, 2.75) is 124 Å². The molecule has 6 unspecified atom stereocenters. The van der Waals surface area contributed by atoms with Crippen LogP contribution in [-0.2, 0) is 4.74 Å². The maximum atomic E-state index is 9.76. The molecule has 1 saturated heterocycles. The summed E-state index contributed by atoms with van der Waals surface area (Å²) in [6, 6.07) is 16.8. The predicted octanol–water partition coefficient (Wildman–Crippen LogP) is 10.5. The van der Waals surface area contributed by atoms with Gasteiger partial charge in [0.1, 0.15) is 11.5 Å². The van der Waals surface area contributed by atoms with Gasteiger partial charge in [0.2, 0.25) is 6.29 Å². The third kappa shape index (κ3) is 9.00. The lowest BCUT2D eigenvalue weighted by Gasteiger charge is -2.36. The van der Waals surface area contributed by atoms with Gasteiger partial charge >= 0.3 is 0 Å². The number of phenols is 1. The topological polar surface area (TPSA) is 38.7 Å². The number of phenolic OH excluding ortho intramolecular Hbond substituents is 1. The Labute approximate surface area is 239 Å². The van der Waals surface area contributed by atoms with Gasteiger partial charge in [-0.05, 0) is 103 Å². The van der Waals surface area contributed by atoms with Crippen molar-refractivity contribution in [3.63, 3.8) is 0 Å². The van der Waals surface area contributed by atoms with Gasteiger partial charge in [0.25, 0.3) is 0 Å². The van der Waals surface area contributed by atoms with Crippen LogP contribution in [0.3, 0.4) is 0 Å². The molecular weight excluding hydrogens is 480 g/mol. The zero-order valence-corrected chi connectivity index (χ0v) is 25.9. The predicted molar refractivity (Wildman–Crippen MR) is 165 cm³/mol. The Morgan fingerprint density at radius 1 is 0.923 bits per heavy atom. The normalized spacial score (nSPS) is 22.3. The minimum atomic E-state index is -0.118. The van der Waals surface area contributed by atoms with Crippen LogP contribution < -0.4 is 4.74 Å². The smallest absolute Gasteiger partial charge is 0.202 e. The Balaban J connectivity index is 1.56. The first-order chi connectivity index (χ1) is 18.7. The largest absolute Gasteiger partial charge is 0.508 e. The molecule has 1 aliphatic rings. The van der Waals surface area contributed by atoms with E-state index in [4.69, 9.17) is 9.47 Å². The Morgan fingerprint density at radius 2 is 1.59 bits per heavy atom. The van der Waals surface area contributed by atoms with E-state index in [2.05, 4.69) is 84.9 Å². The van der Waals surface area contributed by atoms with Crippen molar-refractivity contribution in [1.29, 1.82) is 0 Å². The van der Waals surface area contributed by atoms with E-state index in [1.165, 1.54) is 56.1 Å². The fourth-order valence-electron chi connectivity index (χ4n) is 6.64. The lowest BCUT2D eigenvalue weighted by atomic mass is 9.69. The number of hydrogen-bond donors (Lipinski definition) is 1. The molecule has 0 aliphatic carbocycles. The third-order valence-corrected chi connectivity index (χ3v) is 9.50. The first-order valence-corrected chi connectivity index (χ1v) is 15.9. The summed E-state index contributed by atoms with van der Waals surface area (Å²) in [6.45, 7) is 17.2. The third-order valence-electron chi connectivity index (χ3n) is 9.50. The van der Waals surface area contributed by atoms with Crippen molar-refractivity contribution < 1.29 is 14.6 Å². The van der Waals surface area contributed by atoms with Crippen LogP contribution in [0, 0.1) is 23.2 Å². The summed E-state index contributed by atoms with van der Waals surface area (Å²) in [6.07, 6.45) is 10.5. The number of benzene rings is 2. The van der Waals surface area contributed by atoms with Crippen LogP contribution in [0.4, 0.5) is 0 Å². The number of aromatic hydroxyl groups is 1. The molecule has 3 nitrogen and oxygen atoms in total. The molecule has 0 aromatic heterocycles. The summed E-state index contributed by atoms with van der Waals surface area (Å²) in [7, 11) is 0. The molecule has 1 fully saturated rings. The average Bonchev–Trinajstić information content (AvgIpc) is 2.95. The number of rotatable bonds is 15. The highest BCUT2D eigenvalue weighted by atomic mass is 16.7. The maximum Gasteiger partial charge on any atom is 0.202 e. The van der Waals surface area contributed by atoms with Crippen molar-refractivity contribution in [2.24, 2.45) is 23.2 Å². The van der Waals surface area contributed by atoms with Crippen molar-refractivity contribution in [2.75, 3.05) is 6.61 Å². The van der Waals surface area contributed by atoms with Crippen LogP contribution in [-0.4, -0.2) is 18.0 Å². The van der Waals surface area contributed by atoms with Crippen LogP contribution in [0.1, 0.15) is 129 Å². The van der Waals surface area contributed by atoms with Crippen LogP contribution in [0.5, 0.6) is 11.5 Å². The zero-order chi connectivity index (χ0) is 28.4. The molecule has 2 aromatic carbocycles. The molecule has 0 saturated carbocycles. The van der Waals surface area contributed by atoms with Crippen LogP contribution >= 0.6 is 0 Å². The highest BCUT2D eigenvalue weighted by Gasteiger charge is 2.32. The monoisotopic (exact) mass is 536 g/mol. The highest BCUT2D eigenvalue weighted by molar-refractivity contribution is 5.30. The van der Waals surface area contributed by atoms with E-state index in [-0.39, 0.29) is 11.7 Å². The van der Waals surface area contributed by atoms with E-state index in [1.807, 2.05) is 12.1 Å². The molecular formula is C36H56O3. The van der Waals surface area contributed by atoms with Gasteiger partial charge < -0.3 is 14.6 Å². The number of ether oxygens (including phenoxy) is 2. The zero-order valence-electron chi connectivity index (χ0n) is 25.9. The molecule has 0 amide bonds. The van der Waals surface area contributed by atoms with Crippen molar-refractivity contribution >= 4 is 0 Å². The standard InChI is InChI=1S/C36H56O3/c1-8-12-34(31-13-17-32(37)18-14-31)36(6,7)22-21-26(5)23-28(10-3)30-15-19-33(20-16-30)39-35-29(11-4)24-27(9-2)25-38-35/h13-20,26-29,34-35,37H,8-12,21-25H2,1-7H3. The van der Waals surface area contributed by atoms with E-state index in [0.29, 0.717) is 35.3 Å². The fraction of sp³-hybridized carbons (Fsp3) is 0.667. The maximum absolute atomic E-state index is 9.76. The molecule has 1 heterocycles. The molecule has 218 valence electrons. The van der Waals surface area contributed by atoms with Crippen LogP contribution in [0.2, 0.25) is 0 Å². The van der Waals surface area contributed by atoms with Crippen molar-refractivity contribution in [1.82, 2.24) is 0 Å². The Hall–Kier alpha value is -2.00. The quantitative estimate of drug-likeness (QED) is 0.246. The van der Waals surface area contributed by atoms with E-state index in [9.17, 15) is 5.11 Å². The number of hydrogen-bond acceptors (Lipinski definition) is 3. The molecule has 3 rings (SSSR count). The van der Waals surface area contributed by atoms with Crippen LogP contribution in [0.25, 0.3) is 0 Å². The van der Waals surface area contributed by atoms with E-state index < -0.39 is 0 Å². The fourth-order valence-corrected chi connectivity index (χ4v) is 6.64. The lowest BCUT2D eigenvalue weighted by Crippen LogP contribution is -2.38. The molecule has 39 heavy (non-hydrogen) atoms. The van der Waals surface area contributed by atoms with Crippen molar-refractivity contribution in [3.8, 4) is 11.5 Å². The average molecular weight is 537 g/mol. The second-order valence-corrected chi connectivity index (χ2v) is 13.0. The Bertz CT molecular complexity index is 948. The van der Waals surface area contributed by atoms with Gasteiger partial charge in [0, 0.05) is 5.92 Å². The minimum absolute atomic E-state index is 0.118. The molecule has 0 radical (unpaired) electrons. The van der Waals surface area contributed by atoms with Gasteiger partial charge in [-0.15, -0.1) is 0 Å². The SMILES string of the molecule is CCCC(c1ccc(O)cc1)C(C)(C)CCC(C)CC(CC)c1ccc(OC2OCC(CC)CC2CC)cc1. The Kier molecular flexibility index (Phi) is 12.2. The summed E-state index contributed by atoms with van der Waals surface area (Å²) in [5.74, 6) is 4.17. The van der Waals surface area contributed by atoms with Gasteiger partial charge in [-0.25, -0.2) is 0 Å². The summed E-state index contributed by atoms with van der Waals surface area (Å²) >= 11 is 0. The second-order valence-electron chi connectivity index (χ2n) is 13.0. The van der Waals surface area contributed by atoms with Gasteiger partial charge in [0.05, 0.1) is 6.61 Å². The first kappa shape index (κ1) is 31.5. The summed E-state index contributed by atoms with van der Waals surface area (Å²) in [5, 5.41) is 9.76. The Morgan fingerprint density at radius 3 is 2.18 bits per heavy atom. The molecule has 1 aliphatic heterocycles.